The topological polar surface area (TPSA) is 29.1 Å². The van der Waals surface area contributed by atoms with E-state index in [0.717, 1.165) is 23.8 Å². The van der Waals surface area contributed by atoms with E-state index < -0.39 is 0 Å². The molecule has 0 radical (unpaired) electrons. The van der Waals surface area contributed by atoms with Crippen LogP contribution >= 0.6 is 12.6 Å². The Morgan fingerprint density at radius 3 is 2.65 bits per heavy atom. The maximum Gasteiger partial charge on any atom is 0.252 e. The van der Waals surface area contributed by atoms with Gasteiger partial charge in [0.05, 0.1) is 5.56 Å². The van der Waals surface area contributed by atoms with Gasteiger partial charge < -0.3 is 5.32 Å². The molecule has 0 saturated heterocycles. The Kier molecular flexibility index (Phi) is 6.12. The molecular formula is C14H21NOS. The summed E-state index contributed by atoms with van der Waals surface area (Å²) < 4.78 is 0. The lowest BCUT2D eigenvalue weighted by molar-refractivity contribution is 0.0950. The summed E-state index contributed by atoms with van der Waals surface area (Å²) in [5, 5.41) is 2.93. The van der Waals surface area contributed by atoms with E-state index in [1.807, 2.05) is 18.2 Å². The Hall–Kier alpha value is -0.960. The second kappa shape index (κ2) is 7.38. The highest BCUT2D eigenvalue weighted by Gasteiger charge is 2.07. The van der Waals surface area contributed by atoms with Crippen molar-refractivity contribution >= 4 is 18.5 Å². The van der Waals surface area contributed by atoms with Gasteiger partial charge in [0.1, 0.15) is 0 Å². The highest BCUT2D eigenvalue weighted by molar-refractivity contribution is 7.80. The van der Waals surface area contributed by atoms with Gasteiger partial charge in [-0.15, -0.1) is 12.6 Å². The number of rotatable bonds is 6. The van der Waals surface area contributed by atoms with Crippen LogP contribution in [0.4, 0.5) is 0 Å². The monoisotopic (exact) mass is 251 g/mol. The summed E-state index contributed by atoms with van der Waals surface area (Å²) in [4.78, 5) is 12.5. The lowest BCUT2D eigenvalue weighted by Crippen LogP contribution is -2.24. The quantitative estimate of drug-likeness (QED) is 0.588. The van der Waals surface area contributed by atoms with E-state index in [1.165, 1.54) is 12.8 Å². The third-order valence-electron chi connectivity index (χ3n) is 2.64. The Balaban J connectivity index is 2.29. The molecule has 0 fully saturated rings. The molecule has 0 saturated carbocycles. The summed E-state index contributed by atoms with van der Waals surface area (Å²) in [6, 6.07) is 7.36. The van der Waals surface area contributed by atoms with E-state index in [1.54, 1.807) is 6.07 Å². The lowest BCUT2D eigenvalue weighted by Gasteiger charge is -2.07. The first-order chi connectivity index (χ1) is 8.11. The summed E-state index contributed by atoms with van der Waals surface area (Å²) in [5.74, 6) is 0.712. The fraction of sp³-hybridized carbons (Fsp3) is 0.500. The van der Waals surface area contributed by atoms with Gasteiger partial charge in [-0.2, -0.15) is 0 Å². The van der Waals surface area contributed by atoms with Crippen LogP contribution in [0.15, 0.2) is 29.2 Å². The maximum atomic E-state index is 11.8. The van der Waals surface area contributed by atoms with Crippen molar-refractivity contribution in [3.05, 3.63) is 29.8 Å². The van der Waals surface area contributed by atoms with Crippen LogP contribution < -0.4 is 5.32 Å². The van der Waals surface area contributed by atoms with Crippen LogP contribution in [-0.2, 0) is 0 Å². The third-order valence-corrected chi connectivity index (χ3v) is 3.03. The van der Waals surface area contributed by atoms with Crippen molar-refractivity contribution in [2.75, 3.05) is 6.54 Å². The van der Waals surface area contributed by atoms with Crippen LogP contribution in [0.3, 0.4) is 0 Å². The highest BCUT2D eigenvalue weighted by atomic mass is 32.1. The molecule has 17 heavy (non-hydrogen) atoms. The Morgan fingerprint density at radius 2 is 2.00 bits per heavy atom. The maximum absolute atomic E-state index is 11.8. The van der Waals surface area contributed by atoms with Gasteiger partial charge in [-0.05, 0) is 24.5 Å². The van der Waals surface area contributed by atoms with Crippen molar-refractivity contribution in [1.82, 2.24) is 5.32 Å². The molecule has 0 heterocycles. The van der Waals surface area contributed by atoms with Crippen molar-refractivity contribution in [2.45, 2.75) is 38.0 Å². The van der Waals surface area contributed by atoms with Crippen molar-refractivity contribution in [3.63, 3.8) is 0 Å². The molecule has 0 aliphatic carbocycles. The SMILES string of the molecule is CC(C)CCCCNC(=O)c1ccccc1S. The molecule has 0 aromatic heterocycles. The molecule has 0 bridgehead atoms. The number of nitrogens with one attached hydrogen (secondary N) is 1. The molecule has 0 unspecified atom stereocenters. The van der Waals surface area contributed by atoms with Crippen molar-refractivity contribution in [2.24, 2.45) is 5.92 Å². The van der Waals surface area contributed by atoms with Crippen molar-refractivity contribution in [3.8, 4) is 0 Å². The van der Waals surface area contributed by atoms with Gasteiger partial charge in [-0.25, -0.2) is 0 Å². The van der Waals surface area contributed by atoms with E-state index in [2.05, 4.69) is 31.8 Å². The van der Waals surface area contributed by atoms with E-state index in [9.17, 15) is 4.79 Å². The highest BCUT2D eigenvalue weighted by Crippen LogP contribution is 2.12. The lowest BCUT2D eigenvalue weighted by atomic mass is 10.1. The average molecular weight is 251 g/mol. The van der Waals surface area contributed by atoms with Gasteiger partial charge in [0.25, 0.3) is 5.91 Å². The first kappa shape index (κ1) is 14.1. The van der Waals surface area contributed by atoms with Gasteiger partial charge in [0.15, 0.2) is 0 Å². The van der Waals surface area contributed by atoms with Gasteiger partial charge in [0, 0.05) is 11.4 Å². The predicted octanol–water partition coefficient (Wildman–Crippen LogP) is 3.53. The molecule has 94 valence electrons. The normalized spacial score (nSPS) is 10.6. The number of hydrogen-bond acceptors (Lipinski definition) is 2. The number of carbonyl (C=O) groups is 1. The van der Waals surface area contributed by atoms with Crippen molar-refractivity contribution < 1.29 is 4.79 Å². The minimum absolute atomic E-state index is 0.0276. The number of carbonyl (C=O) groups excluding carboxylic acids is 1. The first-order valence-electron chi connectivity index (χ1n) is 6.17. The second-order valence-corrected chi connectivity index (χ2v) is 5.14. The molecular weight excluding hydrogens is 230 g/mol. The van der Waals surface area contributed by atoms with Crippen LogP contribution in [0.25, 0.3) is 0 Å². The largest absolute Gasteiger partial charge is 0.352 e. The van der Waals surface area contributed by atoms with E-state index in [4.69, 9.17) is 0 Å². The Labute approximate surface area is 109 Å². The van der Waals surface area contributed by atoms with Gasteiger partial charge in [0.2, 0.25) is 0 Å². The molecule has 1 aromatic carbocycles. The zero-order valence-corrected chi connectivity index (χ0v) is 11.5. The molecule has 0 atom stereocenters. The smallest absolute Gasteiger partial charge is 0.252 e. The van der Waals surface area contributed by atoms with Crippen LogP contribution in [0, 0.1) is 5.92 Å². The standard InChI is InChI=1S/C14H21NOS/c1-11(2)7-5-6-10-15-14(16)12-8-3-4-9-13(12)17/h3-4,8-9,11,17H,5-7,10H2,1-2H3,(H,15,16). The molecule has 1 aromatic rings. The molecule has 0 aliphatic heterocycles. The third kappa shape index (κ3) is 5.26. The summed E-state index contributed by atoms with van der Waals surface area (Å²) in [5.41, 5.74) is 0.652. The number of unbranched alkanes of at least 4 members (excludes halogenated alkanes) is 1. The zero-order chi connectivity index (χ0) is 12.7. The van der Waals surface area contributed by atoms with Gasteiger partial charge in [-0.3, -0.25) is 4.79 Å². The minimum Gasteiger partial charge on any atom is -0.352 e. The molecule has 0 aliphatic rings. The summed E-state index contributed by atoms with van der Waals surface area (Å²) in [6.07, 6.45) is 3.43. The summed E-state index contributed by atoms with van der Waals surface area (Å²) in [6.45, 7) is 5.18. The number of amides is 1. The molecule has 1 N–H and O–H groups in total. The van der Waals surface area contributed by atoms with Gasteiger partial charge in [-0.1, -0.05) is 38.8 Å². The van der Waals surface area contributed by atoms with E-state index >= 15 is 0 Å². The predicted molar refractivity (Wildman–Crippen MR) is 74.7 cm³/mol. The van der Waals surface area contributed by atoms with Crippen LogP contribution in [-0.4, -0.2) is 12.5 Å². The number of thiol groups is 1. The zero-order valence-electron chi connectivity index (χ0n) is 10.6. The average Bonchev–Trinajstić information content (AvgIpc) is 2.28. The molecule has 2 nitrogen and oxygen atoms in total. The Morgan fingerprint density at radius 1 is 1.29 bits per heavy atom. The fourth-order valence-corrected chi connectivity index (χ4v) is 1.90. The fourth-order valence-electron chi connectivity index (χ4n) is 1.64. The second-order valence-electron chi connectivity index (χ2n) is 4.66. The first-order valence-corrected chi connectivity index (χ1v) is 6.62. The van der Waals surface area contributed by atoms with E-state index in [-0.39, 0.29) is 5.91 Å². The molecule has 1 rings (SSSR count). The Bertz CT molecular complexity index is 363. The molecule has 1 amide bonds. The van der Waals surface area contributed by atoms with E-state index in [0.29, 0.717) is 5.56 Å². The van der Waals surface area contributed by atoms with Crippen LogP contribution in [0.2, 0.25) is 0 Å². The van der Waals surface area contributed by atoms with Gasteiger partial charge >= 0.3 is 0 Å². The summed E-state index contributed by atoms with van der Waals surface area (Å²) in [7, 11) is 0. The minimum atomic E-state index is -0.0276. The summed E-state index contributed by atoms with van der Waals surface area (Å²) >= 11 is 4.27. The number of benzene rings is 1. The number of hydrogen-bond donors (Lipinski definition) is 2. The molecule has 3 heteroatoms. The molecule has 0 spiro atoms. The van der Waals surface area contributed by atoms with Crippen molar-refractivity contribution in [1.29, 1.82) is 0 Å². The van der Waals surface area contributed by atoms with Crippen LogP contribution in [0.5, 0.6) is 0 Å². The van der Waals surface area contributed by atoms with Crippen LogP contribution in [0.1, 0.15) is 43.5 Å².